The van der Waals surface area contributed by atoms with Gasteiger partial charge in [0.15, 0.2) is 0 Å². The molecule has 1 fully saturated rings. The molecule has 0 unspecified atom stereocenters. The van der Waals surface area contributed by atoms with Crippen molar-refractivity contribution in [3.8, 4) is 0 Å². The Hall–Kier alpha value is -1.47. The zero-order valence-electron chi connectivity index (χ0n) is 11.0. The van der Waals surface area contributed by atoms with Gasteiger partial charge >= 0.3 is 0 Å². The van der Waals surface area contributed by atoms with Crippen molar-refractivity contribution in [3.05, 3.63) is 38.3 Å². The number of nitro groups is 1. The van der Waals surface area contributed by atoms with Crippen LogP contribution in [-0.2, 0) is 16.0 Å². The SMILES string of the molecule is C[C@H]1OCC[C@@H]1NC(=O)Cc1ccc([N+](=O)[O-])cc1Br. The van der Waals surface area contributed by atoms with Crippen molar-refractivity contribution in [2.24, 2.45) is 0 Å². The molecule has 1 aliphatic rings. The minimum atomic E-state index is -0.466. The first-order chi connectivity index (χ1) is 9.47. The minimum Gasteiger partial charge on any atom is -0.376 e. The molecule has 1 aromatic rings. The third-order valence-corrected chi connectivity index (χ3v) is 4.06. The van der Waals surface area contributed by atoms with Gasteiger partial charge in [-0.1, -0.05) is 22.0 Å². The van der Waals surface area contributed by atoms with E-state index in [2.05, 4.69) is 21.2 Å². The third kappa shape index (κ3) is 3.55. The molecule has 2 atom stereocenters. The molecular weight excluding hydrogens is 328 g/mol. The van der Waals surface area contributed by atoms with E-state index in [0.717, 1.165) is 12.0 Å². The molecule has 0 aromatic heterocycles. The number of rotatable bonds is 4. The maximum atomic E-state index is 12.0. The fourth-order valence-electron chi connectivity index (χ4n) is 2.15. The van der Waals surface area contributed by atoms with Gasteiger partial charge in [0.2, 0.25) is 5.91 Å². The lowest BCUT2D eigenvalue weighted by Gasteiger charge is -2.16. The summed E-state index contributed by atoms with van der Waals surface area (Å²) in [4.78, 5) is 22.1. The van der Waals surface area contributed by atoms with Gasteiger partial charge in [0, 0.05) is 23.2 Å². The fourth-order valence-corrected chi connectivity index (χ4v) is 2.65. The Morgan fingerprint density at radius 2 is 2.35 bits per heavy atom. The summed E-state index contributed by atoms with van der Waals surface area (Å²) in [7, 11) is 0. The molecule has 0 bridgehead atoms. The summed E-state index contributed by atoms with van der Waals surface area (Å²) in [5.41, 5.74) is 0.721. The molecule has 1 amide bonds. The smallest absolute Gasteiger partial charge is 0.270 e. The Kier molecular flexibility index (Phi) is 4.72. The zero-order valence-corrected chi connectivity index (χ0v) is 12.6. The molecule has 6 nitrogen and oxygen atoms in total. The number of non-ortho nitro benzene ring substituents is 1. The molecule has 108 valence electrons. The Balaban J connectivity index is 1.99. The van der Waals surface area contributed by atoms with E-state index in [4.69, 9.17) is 4.74 Å². The van der Waals surface area contributed by atoms with Crippen LogP contribution >= 0.6 is 15.9 Å². The number of hydrogen-bond donors (Lipinski definition) is 1. The van der Waals surface area contributed by atoms with Gasteiger partial charge < -0.3 is 10.1 Å². The highest BCUT2D eigenvalue weighted by molar-refractivity contribution is 9.10. The summed E-state index contributed by atoms with van der Waals surface area (Å²) in [5, 5.41) is 13.6. The molecule has 20 heavy (non-hydrogen) atoms. The number of nitro benzene ring substituents is 1. The van der Waals surface area contributed by atoms with Crippen molar-refractivity contribution in [3.63, 3.8) is 0 Å². The predicted molar refractivity (Wildman–Crippen MR) is 76.5 cm³/mol. The molecule has 0 radical (unpaired) electrons. The van der Waals surface area contributed by atoms with Gasteiger partial charge in [-0.15, -0.1) is 0 Å². The number of amides is 1. The van der Waals surface area contributed by atoms with Crippen LogP contribution in [0, 0.1) is 10.1 Å². The maximum absolute atomic E-state index is 12.0. The molecule has 7 heteroatoms. The molecule has 1 aromatic carbocycles. The molecular formula is C13H15BrN2O4. The van der Waals surface area contributed by atoms with Gasteiger partial charge in [-0.3, -0.25) is 14.9 Å². The highest BCUT2D eigenvalue weighted by atomic mass is 79.9. The van der Waals surface area contributed by atoms with Crippen molar-refractivity contribution in [1.82, 2.24) is 5.32 Å². The standard InChI is InChI=1S/C13H15BrN2O4/c1-8-12(4-5-20-8)15-13(17)6-9-2-3-10(16(18)19)7-11(9)14/h2-3,7-8,12H,4-6H2,1H3,(H,15,17)/t8-,12+/m1/s1. The maximum Gasteiger partial charge on any atom is 0.270 e. The number of benzene rings is 1. The molecule has 0 aliphatic carbocycles. The van der Waals surface area contributed by atoms with E-state index in [1.165, 1.54) is 12.1 Å². The molecule has 0 spiro atoms. The Labute approximate surface area is 124 Å². The van der Waals surface area contributed by atoms with Crippen LogP contribution < -0.4 is 5.32 Å². The highest BCUT2D eigenvalue weighted by Gasteiger charge is 2.25. The zero-order chi connectivity index (χ0) is 14.7. The summed E-state index contributed by atoms with van der Waals surface area (Å²) >= 11 is 3.26. The second kappa shape index (κ2) is 6.32. The number of halogens is 1. The van der Waals surface area contributed by atoms with Crippen molar-refractivity contribution in [1.29, 1.82) is 0 Å². The Morgan fingerprint density at radius 3 is 2.90 bits per heavy atom. The van der Waals surface area contributed by atoms with Crippen molar-refractivity contribution < 1.29 is 14.5 Å². The predicted octanol–water partition coefficient (Wildman–Crippen LogP) is 2.19. The largest absolute Gasteiger partial charge is 0.376 e. The second-order valence-corrected chi connectivity index (χ2v) is 5.60. The fraction of sp³-hybridized carbons (Fsp3) is 0.462. The van der Waals surface area contributed by atoms with Crippen LogP contribution in [0.5, 0.6) is 0 Å². The first-order valence-corrected chi connectivity index (χ1v) is 7.10. The van der Waals surface area contributed by atoms with Gasteiger partial charge in [-0.2, -0.15) is 0 Å². The number of nitrogens with zero attached hydrogens (tertiary/aromatic N) is 1. The van der Waals surface area contributed by atoms with E-state index in [9.17, 15) is 14.9 Å². The van der Waals surface area contributed by atoms with Crippen LogP contribution in [0.15, 0.2) is 22.7 Å². The summed E-state index contributed by atoms with van der Waals surface area (Å²) in [5.74, 6) is -0.109. The Bertz CT molecular complexity index is 535. The van der Waals surface area contributed by atoms with Gasteiger partial charge in [-0.25, -0.2) is 0 Å². The number of hydrogen-bond acceptors (Lipinski definition) is 4. The third-order valence-electron chi connectivity index (χ3n) is 3.32. The molecule has 1 N–H and O–H groups in total. The van der Waals surface area contributed by atoms with Gasteiger partial charge in [0.1, 0.15) is 0 Å². The highest BCUT2D eigenvalue weighted by Crippen LogP contribution is 2.23. The van der Waals surface area contributed by atoms with Crippen LogP contribution in [-0.4, -0.2) is 29.6 Å². The van der Waals surface area contributed by atoms with Crippen LogP contribution in [0.4, 0.5) is 5.69 Å². The van der Waals surface area contributed by atoms with Gasteiger partial charge in [-0.05, 0) is 18.9 Å². The van der Waals surface area contributed by atoms with Crippen molar-refractivity contribution in [2.75, 3.05) is 6.61 Å². The van der Waals surface area contributed by atoms with E-state index in [-0.39, 0.29) is 30.2 Å². The quantitative estimate of drug-likeness (QED) is 0.671. The van der Waals surface area contributed by atoms with Crippen LogP contribution in [0.25, 0.3) is 0 Å². The van der Waals surface area contributed by atoms with Crippen molar-refractivity contribution in [2.45, 2.75) is 31.9 Å². The van der Waals surface area contributed by atoms with Crippen LogP contribution in [0.2, 0.25) is 0 Å². The van der Waals surface area contributed by atoms with E-state index in [1.807, 2.05) is 6.92 Å². The Morgan fingerprint density at radius 1 is 1.60 bits per heavy atom. The molecule has 2 rings (SSSR count). The van der Waals surface area contributed by atoms with Gasteiger partial charge in [0.05, 0.1) is 23.5 Å². The number of ether oxygens (including phenoxy) is 1. The van der Waals surface area contributed by atoms with Crippen LogP contribution in [0.1, 0.15) is 18.9 Å². The normalized spacial score (nSPS) is 21.7. The lowest BCUT2D eigenvalue weighted by Crippen LogP contribution is -2.39. The van der Waals surface area contributed by atoms with E-state index in [1.54, 1.807) is 6.07 Å². The molecule has 0 saturated carbocycles. The molecule has 1 aliphatic heterocycles. The molecule has 1 heterocycles. The monoisotopic (exact) mass is 342 g/mol. The average molecular weight is 343 g/mol. The van der Waals surface area contributed by atoms with Crippen molar-refractivity contribution >= 4 is 27.5 Å². The first kappa shape index (κ1) is 14.9. The van der Waals surface area contributed by atoms with E-state index >= 15 is 0 Å². The summed E-state index contributed by atoms with van der Waals surface area (Å²) in [6.07, 6.45) is 1.02. The number of nitrogens with one attached hydrogen (secondary N) is 1. The molecule has 1 saturated heterocycles. The lowest BCUT2D eigenvalue weighted by molar-refractivity contribution is -0.384. The lowest BCUT2D eigenvalue weighted by atomic mass is 10.1. The number of carbonyl (C=O) groups excluding carboxylic acids is 1. The van der Waals surface area contributed by atoms with Crippen LogP contribution in [0.3, 0.4) is 0 Å². The average Bonchev–Trinajstić information content (AvgIpc) is 2.77. The number of carbonyl (C=O) groups is 1. The minimum absolute atomic E-state index is 0.00107. The topological polar surface area (TPSA) is 81.5 Å². The van der Waals surface area contributed by atoms with E-state index in [0.29, 0.717) is 11.1 Å². The summed E-state index contributed by atoms with van der Waals surface area (Å²) in [6.45, 7) is 2.59. The summed E-state index contributed by atoms with van der Waals surface area (Å²) in [6, 6.07) is 4.44. The summed E-state index contributed by atoms with van der Waals surface area (Å²) < 4.78 is 5.95. The first-order valence-electron chi connectivity index (χ1n) is 6.31. The second-order valence-electron chi connectivity index (χ2n) is 4.75. The van der Waals surface area contributed by atoms with E-state index < -0.39 is 4.92 Å². The van der Waals surface area contributed by atoms with Gasteiger partial charge in [0.25, 0.3) is 5.69 Å².